The fraction of sp³-hybridized carbons (Fsp3) is 0.538. The summed E-state index contributed by atoms with van der Waals surface area (Å²) in [7, 11) is 2.15. The number of piperazine rings is 1. The largest absolute Gasteiger partial charge is 0.382 e. The van der Waals surface area contributed by atoms with Crippen molar-refractivity contribution in [1.82, 2.24) is 9.88 Å². The average Bonchev–Trinajstić information content (AvgIpc) is 2.33. The molecule has 2 heterocycles. The van der Waals surface area contributed by atoms with E-state index < -0.39 is 0 Å². The third kappa shape index (κ3) is 2.46. The zero-order valence-corrected chi connectivity index (χ0v) is 11.3. The van der Waals surface area contributed by atoms with E-state index >= 15 is 0 Å². The van der Waals surface area contributed by atoms with Crippen molar-refractivity contribution in [1.29, 1.82) is 5.41 Å². The number of nitrogens with one attached hydrogen (secondary N) is 1. The minimum absolute atomic E-state index is 0.0187. The van der Waals surface area contributed by atoms with Crippen molar-refractivity contribution in [2.24, 2.45) is 5.73 Å². The number of pyridine rings is 1. The van der Waals surface area contributed by atoms with Crippen LogP contribution in [0.4, 0.5) is 5.82 Å². The Balaban J connectivity index is 2.22. The summed E-state index contributed by atoms with van der Waals surface area (Å²) in [4.78, 5) is 9.06. The highest BCUT2D eigenvalue weighted by Crippen LogP contribution is 2.23. The molecule has 1 aromatic heterocycles. The molecule has 0 amide bonds. The van der Waals surface area contributed by atoms with Crippen LogP contribution in [0.5, 0.6) is 0 Å². The molecule has 0 unspecified atom stereocenters. The number of anilines is 1. The van der Waals surface area contributed by atoms with E-state index in [0.717, 1.165) is 25.5 Å². The number of hydrogen-bond donors (Lipinski definition) is 2. The monoisotopic (exact) mass is 247 g/mol. The van der Waals surface area contributed by atoms with E-state index in [9.17, 15) is 0 Å². The molecular weight excluding hydrogens is 226 g/mol. The summed E-state index contributed by atoms with van der Waals surface area (Å²) < 4.78 is 0. The van der Waals surface area contributed by atoms with Gasteiger partial charge in [-0.1, -0.05) is 6.07 Å². The van der Waals surface area contributed by atoms with Crippen LogP contribution in [-0.2, 0) is 0 Å². The smallest absolute Gasteiger partial charge is 0.141 e. The van der Waals surface area contributed by atoms with Gasteiger partial charge in [-0.25, -0.2) is 4.98 Å². The molecule has 0 aromatic carbocycles. The molecule has 1 aromatic rings. The SMILES string of the molecule is CN1CCN(c2cccc(C(=N)N)n2)CC1(C)C. The number of aromatic nitrogens is 1. The molecule has 0 saturated carbocycles. The van der Waals surface area contributed by atoms with Crippen LogP contribution in [-0.4, -0.2) is 47.9 Å². The fourth-order valence-corrected chi connectivity index (χ4v) is 2.19. The summed E-state index contributed by atoms with van der Waals surface area (Å²) in [6, 6.07) is 5.66. The molecular formula is C13H21N5. The maximum absolute atomic E-state index is 7.44. The molecule has 0 radical (unpaired) electrons. The number of nitrogens with zero attached hydrogens (tertiary/aromatic N) is 3. The highest BCUT2D eigenvalue weighted by atomic mass is 15.3. The lowest BCUT2D eigenvalue weighted by Crippen LogP contribution is -2.57. The maximum atomic E-state index is 7.44. The molecule has 2 rings (SSSR count). The Morgan fingerprint density at radius 2 is 2.11 bits per heavy atom. The minimum Gasteiger partial charge on any atom is -0.382 e. The first-order valence-corrected chi connectivity index (χ1v) is 6.18. The second-order valence-electron chi connectivity index (χ2n) is 5.45. The van der Waals surface area contributed by atoms with Crippen LogP contribution in [0.15, 0.2) is 18.2 Å². The van der Waals surface area contributed by atoms with Crippen molar-refractivity contribution in [3.63, 3.8) is 0 Å². The predicted molar refractivity (Wildman–Crippen MR) is 74.2 cm³/mol. The molecule has 1 aliphatic rings. The van der Waals surface area contributed by atoms with Crippen molar-refractivity contribution in [3.8, 4) is 0 Å². The van der Waals surface area contributed by atoms with E-state index in [2.05, 4.69) is 35.7 Å². The van der Waals surface area contributed by atoms with Gasteiger partial charge in [0.2, 0.25) is 0 Å². The average molecular weight is 247 g/mol. The molecule has 5 heteroatoms. The van der Waals surface area contributed by atoms with Gasteiger partial charge in [0.25, 0.3) is 0 Å². The molecule has 98 valence electrons. The Bertz CT molecular complexity index is 454. The van der Waals surface area contributed by atoms with Gasteiger partial charge in [-0.2, -0.15) is 0 Å². The van der Waals surface area contributed by atoms with Crippen LogP contribution in [0.25, 0.3) is 0 Å². The summed E-state index contributed by atoms with van der Waals surface area (Å²) in [6.45, 7) is 7.35. The van der Waals surface area contributed by atoms with Crippen molar-refractivity contribution in [3.05, 3.63) is 23.9 Å². The molecule has 18 heavy (non-hydrogen) atoms. The first-order chi connectivity index (χ1) is 8.40. The minimum atomic E-state index is 0.0187. The van der Waals surface area contributed by atoms with Crippen LogP contribution in [0.2, 0.25) is 0 Å². The zero-order chi connectivity index (χ0) is 13.3. The summed E-state index contributed by atoms with van der Waals surface area (Å²) in [5, 5.41) is 7.44. The lowest BCUT2D eigenvalue weighted by molar-refractivity contribution is 0.138. The number of nitrogens with two attached hydrogens (primary N) is 1. The Morgan fingerprint density at radius 1 is 1.39 bits per heavy atom. The van der Waals surface area contributed by atoms with E-state index in [1.807, 2.05) is 12.1 Å². The van der Waals surface area contributed by atoms with Crippen LogP contribution in [0.1, 0.15) is 19.5 Å². The Hall–Kier alpha value is -1.62. The van der Waals surface area contributed by atoms with Crippen LogP contribution >= 0.6 is 0 Å². The van der Waals surface area contributed by atoms with Gasteiger partial charge in [-0.15, -0.1) is 0 Å². The molecule has 3 N–H and O–H groups in total. The van der Waals surface area contributed by atoms with Crippen LogP contribution < -0.4 is 10.6 Å². The Morgan fingerprint density at radius 3 is 2.72 bits per heavy atom. The van der Waals surface area contributed by atoms with Gasteiger partial charge in [0.15, 0.2) is 0 Å². The number of hydrogen-bond acceptors (Lipinski definition) is 4. The number of rotatable bonds is 2. The van der Waals surface area contributed by atoms with E-state index in [0.29, 0.717) is 5.69 Å². The highest BCUT2D eigenvalue weighted by molar-refractivity contribution is 5.93. The van der Waals surface area contributed by atoms with Crippen molar-refractivity contribution < 1.29 is 0 Å². The van der Waals surface area contributed by atoms with E-state index in [1.54, 1.807) is 6.07 Å². The van der Waals surface area contributed by atoms with Gasteiger partial charge in [0.05, 0.1) is 0 Å². The maximum Gasteiger partial charge on any atom is 0.141 e. The molecule has 1 saturated heterocycles. The first-order valence-electron chi connectivity index (χ1n) is 6.18. The molecule has 0 spiro atoms. The standard InChI is InChI=1S/C13H21N5/c1-13(2)9-18(8-7-17(13)3)11-6-4-5-10(16-11)12(14)15/h4-6H,7-9H2,1-3H3,(H3,14,15). The fourth-order valence-electron chi connectivity index (χ4n) is 2.19. The molecule has 0 atom stereocenters. The van der Waals surface area contributed by atoms with Gasteiger partial charge in [0, 0.05) is 25.2 Å². The van der Waals surface area contributed by atoms with Gasteiger partial charge in [-0.05, 0) is 33.0 Å². The third-order valence-corrected chi connectivity index (χ3v) is 3.65. The van der Waals surface area contributed by atoms with Crippen molar-refractivity contribution in [2.45, 2.75) is 19.4 Å². The normalized spacial score (nSPS) is 19.8. The number of likely N-dealkylation sites (N-methyl/N-ethyl adjacent to an activating group) is 1. The first kappa shape index (κ1) is 12.8. The molecule has 0 aliphatic carbocycles. The van der Waals surface area contributed by atoms with Gasteiger partial charge in [-0.3, -0.25) is 10.3 Å². The summed E-state index contributed by atoms with van der Waals surface area (Å²) >= 11 is 0. The van der Waals surface area contributed by atoms with E-state index in [1.165, 1.54) is 0 Å². The lowest BCUT2D eigenvalue weighted by Gasteiger charge is -2.45. The molecule has 1 fully saturated rings. The second kappa shape index (κ2) is 4.57. The lowest BCUT2D eigenvalue weighted by atomic mass is 10.00. The van der Waals surface area contributed by atoms with Crippen LogP contribution in [0, 0.1) is 5.41 Å². The number of amidine groups is 1. The number of nitrogen functional groups attached to an aromatic ring is 1. The third-order valence-electron chi connectivity index (χ3n) is 3.65. The van der Waals surface area contributed by atoms with Gasteiger partial charge in [0.1, 0.15) is 17.3 Å². The van der Waals surface area contributed by atoms with Crippen molar-refractivity contribution >= 4 is 11.7 Å². The molecule has 5 nitrogen and oxygen atoms in total. The Kier molecular flexibility index (Phi) is 3.26. The van der Waals surface area contributed by atoms with Gasteiger partial charge < -0.3 is 10.6 Å². The van der Waals surface area contributed by atoms with E-state index in [-0.39, 0.29) is 11.4 Å². The summed E-state index contributed by atoms with van der Waals surface area (Å²) in [5.41, 5.74) is 6.16. The zero-order valence-electron chi connectivity index (χ0n) is 11.3. The highest BCUT2D eigenvalue weighted by Gasteiger charge is 2.31. The Labute approximate surface area is 108 Å². The molecule has 1 aliphatic heterocycles. The molecule has 0 bridgehead atoms. The topological polar surface area (TPSA) is 69.2 Å². The van der Waals surface area contributed by atoms with Crippen LogP contribution in [0.3, 0.4) is 0 Å². The predicted octanol–water partition coefficient (Wildman–Crippen LogP) is 0.896. The summed E-state index contributed by atoms with van der Waals surface area (Å²) in [5.74, 6) is 0.925. The van der Waals surface area contributed by atoms with Crippen molar-refractivity contribution in [2.75, 3.05) is 31.6 Å². The van der Waals surface area contributed by atoms with Gasteiger partial charge >= 0.3 is 0 Å². The van der Waals surface area contributed by atoms with E-state index in [4.69, 9.17) is 11.1 Å². The summed E-state index contributed by atoms with van der Waals surface area (Å²) in [6.07, 6.45) is 0. The second-order valence-corrected chi connectivity index (χ2v) is 5.45. The quantitative estimate of drug-likeness (QED) is 0.601.